The molecule has 2 heterocycles. The minimum atomic E-state index is -0.502. The van der Waals surface area contributed by atoms with Gasteiger partial charge < -0.3 is 19.6 Å². The van der Waals surface area contributed by atoms with Gasteiger partial charge in [-0.05, 0) is 50.0 Å². The number of hydrogen-bond acceptors (Lipinski definition) is 4. The summed E-state index contributed by atoms with van der Waals surface area (Å²) in [6.07, 6.45) is 4.07. The second-order valence-corrected chi connectivity index (χ2v) is 6.18. The van der Waals surface area contributed by atoms with Crippen molar-refractivity contribution in [3.8, 4) is 5.75 Å². The van der Waals surface area contributed by atoms with E-state index in [0.717, 1.165) is 37.3 Å². The van der Waals surface area contributed by atoms with E-state index in [4.69, 9.17) is 4.74 Å². The molecule has 5 nitrogen and oxygen atoms in total. The van der Waals surface area contributed by atoms with Crippen molar-refractivity contribution >= 4 is 11.6 Å². The normalized spacial score (nSPS) is 20.5. The number of aliphatic hydroxyl groups is 1. The molecule has 120 valence electrons. The van der Waals surface area contributed by atoms with E-state index in [2.05, 4.69) is 4.90 Å². The number of piperidine rings is 1. The molecule has 1 fully saturated rings. The van der Waals surface area contributed by atoms with Gasteiger partial charge in [-0.1, -0.05) is 12.5 Å². The van der Waals surface area contributed by atoms with Gasteiger partial charge in [-0.2, -0.15) is 0 Å². The molecule has 0 radical (unpaired) electrons. The van der Waals surface area contributed by atoms with Crippen LogP contribution in [-0.2, 0) is 4.79 Å². The second-order valence-electron chi connectivity index (χ2n) is 6.18. The maximum absolute atomic E-state index is 11.7. The molecule has 2 aliphatic rings. The van der Waals surface area contributed by atoms with Gasteiger partial charge in [0.05, 0.1) is 11.8 Å². The Balaban J connectivity index is 1.65. The van der Waals surface area contributed by atoms with Gasteiger partial charge in [0.1, 0.15) is 5.75 Å². The number of ether oxygens (including phenoxy) is 1. The van der Waals surface area contributed by atoms with E-state index in [0.29, 0.717) is 5.75 Å². The number of nitrogens with zero attached hydrogens (tertiary/aromatic N) is 2. The summed E-state index contributed by atoms with van der Waals surface area (Å²) in [4.78, 5) is 15.7. The molecular formula is C17H24N2O3. The molecule has 1 unspecified atom stereocenters. The number of hydrogen-bond donors (Lipinski definition) is 1. The van der Waals surface area contributed by atoms with E-state index in [9.17, 15) is 9.90 Å². The molecule has 0 aliphatic carbocycles. The summed E-state index contributed by atoms with van der Waals surface area (Å²) in [5.41, 5.74) is 1.59. The van der Waals surface area contributed by atoms with Gasteiger partial charge in [0, 0.05) is 13.6 Å². The molecule has 0 spiro atoms. The highest BCUT2D eigenvalue weighted by atomic mass is 16.5. The maximum Gasteiger partial charge on any atom is 0.264 e. The average molecular weight is 304 g/mol. The van der Waals surface area contributed by atoms with Gasteiger partial charge in [0.15, 0.2) is 6.61 Å². The van der Waals surface area contributed by atoms with Crippen LogP contribution in [0.25, 0.3) is 0 Å². The summed E-state index contributed by atoms with van der Waals surface area (Å²) in [5, 5.41) is 10.4. The van der Waals surface area contributed by atoms with Crippen LogP contribution in [0.5, 0.6) is 5.75 Å². The molecule has 0 saturated carbocycles. The van der Waals surface area contributed by atoms with Crippen molar-refractivity contribution in [1.29, 1.82) is 0 Å². The smallest absolute Gasteiger partial charge is 0.264 e. The standard InChI is InChI=1S/C17H24N2O3/c1-18-14-11-13(5-6-16(14)22-12-17(18)21)15(20)7-10-19-8-3-2-4-9-19/h5-6,11,15,20H,2-4,7-10,12H2,1H3. The number of benzene rings is 1. The molecule has 1 N–H and O–H groups in total. The van der Waals surface area contributed by atoms with Crippen LogP contribution in [0.4, 0.5) is 5.69 Å². The minimum absolute atomic E-state index is 0.0625. The molecule has 5 heteroatoms. The third-order valence-corrected chi connectivity index (χ3v) is 4.62. The molecule has 1 saturated heterocycles. The van der Waals surface area contributed by atoms with Gasteiger partial charge in [-0.3, -0.25) is 4.79 Å². The Bertz CT molecular complexity index is 541. The minimum Gasteiger partial charge on any atom is -0.482 e. The predicted octanol–water partition coefficient (Wildman–Crippen LogP) is 1.95. The summed E-state index contributed by atoms with van der Waals surface area (Å²) in [5.74, 6) is 0.640. The van der Waals surface area contributed by atoms with Crippen molar-refractivity contribution in [3.05, 3.63) is 23.8 Å². The number of carbonyl (C=O) groups is 1. The lowest BCUT2D eigenvalue weighted by Gasteiger charge is -2.28. The van der Waals surface area contributed by atoms with Crippen LogP contribution in [0, 0.1) is 0 Å². The number of rotatable bonds is 4. The Kier molecular flexibility index (Phi) is 4.64. The molecule has 22 heavy (non-hydrogen) atoms. The highest BCUT2D eigenvalue weighted by Gasteiger charge is 2.23. The Hall–Kier alpha value is -1.59. The second kappa shape index (κ2) is 6.67. The number of amides is 1. The van der Waals surface area contributed by atoms with Gasteiger partial charge in [-0.25, -0.2) is 0 Å². The zero-order valence-corrected chi connectivity index (χ0v) is 13.1. The summed E-state index contributed by atoms with van der Waals surface area (Å²) in [6.45, 7) is 3.29. The maximum atomic E-state index is 11.7. The molecule has 2 aliphatic heterocycles. The molecule has 0 bridgehead atoms. The number of carbonyl (C=O) groups excluding carboxylic acids is 1. The van der Waals surface area contributed by atoms with Crippen LogP contribution in [0.1, 0.15) is 37.4 Å². The summed E-state index contributed by atoms with van der Waals surface area (Å²) in [6, 6.07) is 5.61. The van der Waals surface area contributed by atoms with Crippen LogP contribution in [0.2, 0.25) is 0 Å². The van der Waals surface area contributed by atoms with Gasteiger partial charge >= 0.3 is 0 Å². The van der Waals surface area contributed by atoms with E-state index < -0.39 is 6.10 Å². The van der Waals surface area contributed by atoms with Crippen LogP contribution in [0.15, 0.2) is 18.2 Å². The van der Waals surface area contributed by atoms with Crippen molar-refractivity contribution < 1.29 is 14.6 Å². The lowest BCUT2D eigenvalue weighted by Crippen LogP contribution is -2.35. The molecule has 0 aromatic heterocycles. The molecule has 3 rings (SSSR count). The average Bonchev–Trinajstić information content (AvgIpc) is 2.57. The third-order valence-electron chi connectivity index (χ3n) is 4.62. The largest absolute Gasteiger partial charge is 0.482 e. The summed E-state index contributed by atoms with van der Waals surface area (Å²) in [7, 11) is 1.74. The monoisotopic (exact) mass is 304 g/mol. The van der Waals surface area contributed by atoms with E-state index in [1.54, 1.807) is 11.9 Å². The fourth-order valence-electron chi connectivity index (χ4n) is 3.15. The Morgan fingerprint density at radius 3 is 2.82 bits per heavy atom. The molecule has 1 atom stereocenters. The zero-order valence-electron chi connectivity index (χ0n) is 13.1. The van der Waals surface area contributed by atoms with Crippen LogP contribution in [-0.4, -0.2) is 49.2 Å². The van der Waals surface area contributed by atoms with E-state index in [1.807, 2.05) is 18.2 Å². The lowest BCUT2D eigenvalue weighted by molar-refractivity contribution is -0.120. The van der Waals surface area contributed by atoms with E-state index >= 15 is 0 Å². The van der Waals surface area contributed by atoms with E-state index in [-0.39, 0.29) is 12.5 Å². The molecule has 1 aromatic rings. The zero-order chi connectivity index (χ0) is 15.5. The first kappa shape index (κ1) is 15.3. The first-order valence-corrected chi connectivity index (χ1v) is 8.09. The van der Waals surface area contributed by atoms with Crippen molar-refractivity contribution in [2.75, 3.05) is 38.2 Å². The SMILES string of the molecule is CN1C(=O)COc2ccc(C(O)CCN3CCCCC3)cc21. The Morgan fingerprint density at radius 1 is 1.27 bits per heavy atom. The van der Waals surface area contributed by atoms with Crippen LogP contribution < -0.4 is 9.64 Å². The fraction of sp³-hybridized carbons (Fsp3) is 0.588. The summed E-state index contributed by atoms with van der Waals surface area (Å²) < 4.78 is 5.41. The Morgan fingerprint density at radius 2 is 2.05 bits per heavy atom. The fourth-order valence-corrected chi connectivity index (χ4v) is 3.15. The number of likely N-dealkylation sites (tertiary alicyclic amines) is 1. The number of fused-ring (bicyclic) bond motifs is 1. The first-order chi connectivity index (χ1) is 10.6. The van der Waals surface area contributed by atoms with Crippen LogP contribution in [0.3, 0.4) is 0 Å². The topological polar surface area (TPSA) is 53.0 Å². The Labute approximate surface area is 131 Å². The highest BCUT2D eigenvalue weighted by molar-refractivity contribution is 5.97. The molecular weight excluding hydrogens is 280 g/mol. The van der Waals surface area contributed by atoms with Crippen molar-refractivity contribution in [3.63, 3.8) is 0 Å². The van der Waals surface area contributed by atoms with Crippen molar-refractivity contribution in [2.24, 2.45) is 0 Å². The van der Waals surface area contributed by atoms with Gasteiger partial charge in [0.2, 0.25) is 0 Å². The summed E-state index contributed by atoms with van der Waals surface area (Å²) >= 11 is 0. The van der Waals surface area contributed by atoms with Crippen molar-refractivity contribution in [2.45, 2.75) is 31.8 Å². The molecule has 1 aromatic carbocycles. The number of anilines is 1. The van der Waals surface area contributed by atoms with E-state index in [1.165, 1.54) is 19.3 Å². The predicted molar refractivity (Wildman–Crippen MR) is 85.2 cm³/mol. The van der Waals surface area contributed by atoms with Gasteiger partial charge in [-0.15, -0.1) is 0 Å². The first-order valence-electron chi connectivity index (χ1n) is 8.09. The van der Waals surface area contributed by atoms with Crippen LogP contribution >= 0.6 is 0 Å². The lowest BCUT2D eigenvalue weighted by atomic mass is 10.0. The third kappa shape index (κ3) is 3.25. The number of aliphatic hydroxyl groups excluding tert-OH is 1. The van der Waals surface area contributed by atoms with Crippen molar-refractivity contribution in [1.82, 2.24) is 4.90 Å². The highest BCUT2D eigenvalue weighted by Crippen LogP contribution is 2.34. The quantitative estimate of drug-likeness (QED) is 0.924. The van der Waals surface area contributed by atoms with Gasteiger partial charge in [0.25, 0.3) is 5.91 Å². The molecule has 1 amide bonds. The number of likely N-dealkylation sites (N-methyl/N-ethyl adjacent to an activating group) is 1.